The summed E-state index contributed by atoms with van der Waals surface area (Å²) in [7, 11) is 0. The molecule has 0 aliphatic carbocycles. The van der Waals surface area contributed by atoms with Gasteiger partial charge in [0.05, 0.1) is 0 Å². The lowest BCUT2D eigenvalue weighted by molar-refractivity contribution is 0.456. The average molecular weight is 218 g/mol. The Labute approximate surface area is 86.1 Å². The normalized spacial score (nSPS) is 12.9. The molecule has 0 spiro atoms. The molecule has 0 aliphatic rings. The van der Waals surface area contributed by atoms with Gasteiger partial charge in [0.15, 0.2) is 11.6 Å². The van der Waals surface area contributed by atoms with Crippen LogP contribution in [-0.4, -0.2) is 6.54 Å². The minimum absolute atomic E-state index is 0.327. The Morgan fingerprint density at radius 1 is 1.13 bits per heavy atom. The van der Waals surface area contributed by atoms with Crippen LogP contribution in [0.25, 0.3) is 0 Å². The molecule has 1 rings (SSSR count). The van der Waals surface area contributed by atoms with E-state index in [1.54, 1.807) is 0 Å². The van der Waals surface area contributed by atoms with Gasteiger partial charge in [-0.1, -0.05) is 0 Å². The Morgan fingerprint density at radius 3 is 2.33 bits per heavy atom. The summed E-state index contributed by atoms with van der Waals surface area (Å²) >= 11 is 0. The molecule has 1 aromatic rings. The molecule has 0 heterocycles. The fourth-order valence-electron chi connectivity index (χ4n) is 1.36. The second-order valence-electron chi connectivity index (χ2n) is 3.29. The topological polar surface area (TPSA) is 52.0 Å². The first-order valence-electron chi connectivity index (χ1n) is 4.67. The molecular formula is C10H13F3N2. The highest BCUT2D eigenvalue weighted by Crippen LogP contribution is 2.24. The lowest BCUT2D eigenvalue weighted by Gasteiger charge is -2.13. The molecule has 5 heteroatoms. The van der Waals surface area contributed by atoms with Gasteiger partial charge in [-0.3, -0.25) is 0 Å². The third-order valence-corrected chi connectivity index (χ3v) is 2.17. The standard InChI is InChI=1S/C10H13F3N2/c11-6-3-4-7(12)10(13)9(6)8(15)2-1-5-14/h3-4,8H,1-2,5,14-15H2/t8-/m0/s1. The molecule has 2 nitrogen and oxygen atoms in total. The largest absolute Gasteiger partial charge is 0.330 e. The van der Waals surface area contributed by atoms with E-state index in [0.29, 0.717) is 19.4 Å². The Hall–Kier alpha value is -1.07. The van der Waals surface area contributed by atoms with Crippen LogP contribution in [0.3, 0.4) is 0 Å². The number of benzene rings is 1. The summed E-state index contributed by atoms with van der Waals surface area (Å²) in [4.78, 5) is 0. The van der Waals surface area contributed by atoms with Crippen molar-refractivity contribution in [2.45, 2.75) is 18.9 Å². The van der Waals surface area contributed by atoms with Gasteiger partial charge >= 0.3 is 0 Å². The highest BCUT2D eigenvalue weighted by molar-refractivity contribution is 5.24. The van der Waals surface area contributed by atoms with Gasteiger partial charge in [0.1, 0.15) is 5.82 Å². The lowest BCUT2D eigenvalue weighted by atomic mass is 10.0. The number of nitrogens with two attached hydrogens (primary N) is 2. The van der Waals surface area contributed by atoms with Crippen LogP contribution in [0.15, 0.2) is 12.1 Å². The summed E-state index contributed by atoms with van der Waals surface area (Å²) < 4.78 is 39.2. The number of hydrogen-bond donors (Lipinski definition) is 2. The van der Waals surface area contributed by atoms with Crippen molar-refractivity contribution in [3.63, 3.8) is 0 Å². The van der Waals surface area contributed by atoms with Crippen molar-refractivity contribution < 1.29 is 13.2 Å². The van der Waals surface area contributed by atoms with E-state index in [0.717, 1.165) is 12.1 Å². The first kappa shape index (κ1) is 12.0. The first-order chi connectivity index (χ1) is 7.07. The van der Waals surface area contributed by atoms with Gasteiger partial charge in [-0.05, 0) is 31.5 Å². The molecule has 0 radical (unpaired) electrons. The van der Waals surface area contributed by atoms with Crippen molar-refractivity contribution in [3.8, 4) is 0 Å². The summed E-state index contributed by atoms with van der Waals surface area (Å²) in [5, 5.41) is 0. The Bertz CT molecular complexity index is 342. The minimum Gasteiger partial charge on any atom is -0.330 e. The average Bonchev–Trinajstić information content (AvgIpc) is 2.21. The SMILES string of the molecule is NCCC[C@H](N)c1c(F)ccc(F)c1F. The van der Waals surface area contributed by atoms with Crippen LogP contribution in [0.2, 0.25) is 0 Å². The van der Waals surface area contributed by atoms with Gasteiger partial charge in [-0.15, -0.1) is 0 Å². The van der Waals surface area contributed by atoms with Gasteiger partial charge in [-0.25, -0.2) is 13.2 Å². The van der Waals surface area contributed by atoms with E-state index in [4.69, 9.17) is 11.5 Å². The Kier molecular flexibility index (Phi) is 4.11. The maximum atomic E-state index is 13.2. The molecule has 15 heavy (non-hydrogen) atoms. The molecule has 1 aromatic carbocycles. The second kappa shape index (κ2) is 5.14. The zero-order valence-corrected chi connectivity index (χ0v) is 8.14. The molecule has 0 amide bonds. The molecule has 0 aliphatic heterocycles. The number of hydrogen-bond acceptors (Lipinski definition) is 2. The summed E-state index contributed by atoms with van der Waals surface area (Å²) in [6.45, 7) is 0.381. The van der Waals surface area contributed by atoms with Crippen molar-refractivity contribution >= 4 is 0 Å². The molecule has 0 aromatic heterocycles. The summed E-state index contributed by atoms with van der Waals surface area (Å²) in [6.07, 6.45) is 0.865. The van der Waals surface area contributed by atoms with Crippen molar-refractivity contribution in [2.24, 2.45) is 11.5 Å². The quantitative estimate of drug-likeness (QED) is 0.757. The van der Waals surface area contributed by atoms with Gasteiger partial charge in [0.2, 0.25) is 0 Å². The molecule has 4 N–H and O–H groups in total. The molecule has 0 saturated carbocycles. The molecule has 1 atom stereocenters. The van der Waals surface area contributed by atoms with E-state index in [-0.39, 0.29) is 0 Å². The first-order valence-corrected chi connectivity index (χ1v) is 4.67. The van der Waals surface area contributed by atoms with E-state index in [9.17, 15) is 13.2 Å². The van der Waals surface area contributed by atoms with Gasteiger partial charge in [-0.2, -0.15) is 0 Å². The van der Waals surface area contributed by atoms with Crippen LogP contribution in [0.1, 0.15) is 24.4 Å². The monoisotopic (exact) mass is 218 g/mol. The van der Waals surface area contributed by atoms with E-state index in [2.05, 4.69) is 0 Å². The van der Waals surface area contributed by atoms with Gasteiger partial charge < -0.3 is 11.5 Å². The molecule has 0 bridgehead atoms. The zero-order valence-electron chi connectivity index (χ0n) is 8.14. The molecule has 0 unspecified atom stereocenters. The Balaban J connectivity index is 2.96. The minimum atomic E-state index is -1.21. The van der Waals surface area contributed by atoms with Crippen LogP contribution in [0.4, 0.5) is 13.2 Å². The van der Waals surface area contributed by atoms with Crippen LogP contribution in [0, 0.1) is 17.5 Å². The molecule has 0 fully saturated rings. The van der Waals surface area contributed by atoms with Crippen LogP contribution in [-0.2, 0) is 0 Å². The van der Waals surface area contributed by atoms with E-state index in [1.165, 1.54) is 0 Å². The number of rotatable bonds is 4. The predicted octanol–water partition coefficient (Wildman–Crippen LogP) is 1.84. The van der Waals surface area contributed by atoms with Crippen molar-refractivity contribution in [2.75, 3.05) is 6.54 Å². The fraction of sp³-hybridized carbons (Fsp3) is 0.400. The van der Waals surface area contributed by atoms with Crippen LogP contribution < -0.4 is 11.5 Å². The van der Waals surface area contributed by atoms with Gasteiger partial charge in [0, 0.05) is 11.6 Å². The second-order valence-corrected chi connectivity index (χ2v) is 3.29. The van der Waals surface area contributed by atoms with Crippen molar-refractivity contribution in [3.05, 3.63) is 35.1 Å². The third kappa shape index (κ3) is 2.70. The lowest BCUT2D eigenvalue weighted by Crippen LogP contribution is -2.16. The van der Waals surface area contributed by atoms with Crippen molar-refractivity contribution in [1.82, 2.24) is 0 Å². The van der Waals surface area contributed by atoms with Crippen molar-refractivity contribution in [1.29, 1.82) is 0 Å². The molecule has 0 saturated heterocycles. The number of halogens is 3. The van der Waals surface area contributed by atoms with Crippen LogP contribution >= 0.6 is 0 Å². The van der Waals surface area contributed by atoms with E-state index < -0.39 is 29.1 Å². The zero-order chi connectivity index (χ0) is 11.4. The van der Waals surface area contributed by atoms with E-state index >= 15 is 0 Å². The highest BCUT2D eigenvalue weighted by atomic mass is 19.2. The predicted molar refractivity (Wildman–Crippen MR) is 51.5 cm³/mol. The van der Waals surface area contributed by atoms with Crippen LogP contribution in [0.5, 0.6) is 0 Å². The smallest absolute Gasteiger partial charge is 0.166 e. The fourth-order valence-corrected chi connectivity index (χ4v) is 1.36. The Morgan fingerprint density at radius 2 is 1.73 bits per heavy atom. The molecular weight excluding hydrogens is 205 g/mol. The highest BCUT2D eigenvalue weighted by Gasteiger charge is 2.19. The summed E-state index contributed by atoms with van der Waals surface area (Å²) in [5.74, 6) is -3.12. The summed E-state index contributed by atoms with van der Waals surface area (Å²) in [6, 6.07) is 0.754. The molecule has 84 valence electrons. The van der Waals surface area contributed by atoms with Gasteiger partial charge in [0.25, 0.3) is 0 Å². The summed E-state index contributed by atoms with van der Waals surface area (Å²) in [5.41, 5.74) is 10.4. The maximum Gasteiger partial charge on any atom is 0.166 e. The van der Waals surface area contributed by atoms with E-state index in [1.807, 2.05) is 0 Å². The third-order valence-electron chi connectivity index (χ3n) is 2.17. The maximum absolute atomic E-state index is 13.2.